The first kappa shape index (κ1) is 20.5. The zero-order valence-electron chi connectivity index (χ0n) is 16.4. The summed E-state index contributed by atoms with van der Waals surface area (Å²) in [7, 11) is -3.48. The molecule has 0 saturated carbocycles. The number of halogens is 1. The molecule has 0 aliphatic carbocycles. The third kappa shape index (κ3) is 4.53. The number of aromatic nitrogens is 1. The quantitative estimate of drug-likeness (QED) is 0.611. The Morgan fingerprint density at radius 1 is 1.34 bits per heavy atom. The fraction of sp³-hybridized carbons (Fsp3) is 0.450. The van der Waals surface area contributed by atoms with Gasteiger partial charge in [-0.2, -0.15) is 0 Å². The van der Waals surface area contributed by atoms with E-state index in [1.807, 2.05) is 13.8 Å². The van der Waals surface area contributed by atoms with Crippen molar-refractivity contribution >= 4 is 32.3 Å². The van der Waals surface area contributed by atoms with Crippen LogP contribution in [0.1, 0.15) is 28.3 Å². The SMILES string of the molecule is Cc1cc(S(=O)(=O)N[C@@H]2CCN(CCCc3noc4cc(F)ccc34)C2)c(C)s1. The van der Waals surface area contributed by atoms with Gasteiger partial charge in [0.15, 0.2) is 5.58 Å². The van der Waals surface area contributed by atoms with E-state index >= 15 is 0 Å². The van der Waals surface area contributed by atoms with Crippen molar-refractivity contribution in [2.75, 3.05) is 19.6 Å². The fourth-order valence-electron chi connectivity index (χ4n) is 3.90. The fourth-order valence-corrected chi connectivity index (χ4v) is 6.72. The Labute approximate surface area is 173 Å². The Bertz CT molecular complexity index is 1120. The van der Waals surface area contributed by atoms with Crippen LogP contribution in [-0.2, 0) is 16.4 Å². The van der Waals surface area contributed by atoms with Crippen LogP contribution in [0, 0.1) is 19.7 Å². The van der Waals surface area contributed by atoms with Crippen LogP contribution in [0.3, 0.4) is 0 Å². The van der Waals surface area contributed by atoms with Gasteiger partial charge in [-0.25, -0.2) is 17.5 Å². The smallest absolute Gasteiger partial charge is 0.241 e. The maximum Gasteiger partial charge on any atom is 0.241 e. The molecule has 0 radical (unpaired) electrons. The first-order chi connectivity index (χ1) is 13.8. The van der Waals surface area contributed by atoms with Crippen molar-refractivity contribution < 1.29 is 17.3 Å². The lowest BCUT2D eigenvalue weighted by Gasteiger charge is -2.16. The Kier molecular flexibility index (Phi) is 5.74. The zero-order valence-corrected chi connectivity index (χ0v) is 18.1. The van der Waals surface area contributed by atoms with Gasteiger partial charge in [-0.3, -0.25) is 0 Å². The predicted octanol–water partition coefficient (Wildman–Crippen LogP) is 3.63. The Morgan fingerprint density at radius 2 is 2.17 bits per heavy atom. The molecule has 3 heterocycles. The molecule has 1 aromatic carbocycles. The Morgan fingerprint density at radius 3 is 2.93 bits per heavy atom. The number of aryl methyl sites for hydroxylation is 3. The summed E-state index contributed by atoms with van der Waals surface area (Å²) in [5.74, 6) is -0.335. The predicted molar refractivity (Wildman–Crippen MR) is 111 cm³/mol. The van der Waals surface area contributed by atoms with Crippen LogP contribution in [-0.4, -0.2) is 44.2 Å². The van der Waals surface area contributed by atoms with E-state index in [0.29, 0.717) is 17.0 Å². The summed E-state index contributed by atoms with van der Waals surface area (Å²) in [4.78, 5) is 4.48. The van der Waals surface area contributed by atoms with Crippen molar-refractivity contribution in [1.82, 2.24) is 14.8 Å². The Balaban J connectivity index is 1.29. The molecule has 1 fully saturated rings. The molecule has 6 nitrogen and oxygen atoms in total. The minimum atomic E-state index is -3.48. The number of sulfonamides is 1. The topological polar surface area (TPSA) is 75.4 Å². The van der Waals surface area contributed by atoms with Gasteiger partial charge in [0.1, 0.15) is 5.82 Å². The third-order valence-corrected chi connectivity index (χ3v) is 8.02. The molecule has 1 aliphatic heterocycles. The summed E-state index contributed by atoms with van der Waals surface area (Å²) in [6.07, 6.45) is 2.41. The highest BCUT2D eigenvalue weighted by Gasteiger charge is 2.28. The number of thiophene rings is 1. The van der Waals surface area contributed by atoms with Crippen LogP contribution in [0.4, 0.5) is 4.39 Å². The molecule has 3 aromatic rings. The molecule has 1 N–H and O–H groups in total. The van der Waals surface area contributed by atoms with Gasteiger partial charge in [0.25, 0.3) is 0 Å². The van der Waals surface area contributed by atoms with Gasteiger partial charge in [0.05, 0.1) is 10.6 Å². The normalized spacial score (nSPS) is 18.1. The summed E-state index contributed by atoms with van der Waals surface area (Å²) < 4.78 is 46.7. The van der Waals surface area contributed by atoms with Gasteiger partial charge in [-0.1, -0.05) is 5.16 Å². The van der Waals surface area contributed by atoms with Crippen molar-refractivity contribution in [1.29, 1.82) is 0 Å². The number of likely N-dealkylation sites (tertiary alicyclic amines) is 1. The molecule has 29 heavy (non-hydrogen) atoms. The van der Waals surface area contributed by atoms with Crippen molar-refractivity contribution in [2.45, 2.75) is 44.0 Å². The molecule has 1 atom stereocenters. The van der Waals surface area contributed by atoms with Gasteiger partial charge < -0.3 is 9.42 Å². The Hall–Kier alpha value is -1.81. The highest BCUT2D eigenvalue weighted by atomic mass is 32.2. The standard InChI is InChI=1S/C20H24FN3O3S2/c1-13-10-20(14(2)28-13)29(25,26)23-16-7-9-24(12-16)8-3-4-18-17-6-5-15(21)11-19(17)27-22-18/h5-6,10-11,16,23H,3-4,7-9,12H2,1-2H3/t16-/m1/s1. The summed E-state index contributed by atoms with van der Waals surface area (Å²) in [6, 6.07) is 6.13. The van der Waals surface area contributed by atoms with Gasteiger partial charge in [0.2, 0.25) is 10.0 Å². The number of fused-ring (bicyclic) bond motifs is 1. The van der Waals surface area contributed by atoms with Crippen molar-refractivity contribution in [2.24, 2.45) is 0 Å². The van der Waals surface area contributed by atoms with Crippen molar-refractivity contribution in [3.63, 3.8) is 0 Å². The molecule has 1 saturated heterocycles. The van der Waals surface area contributed by atoms with Gasteiger partial charge in [-0.15, -0.1) is 11.3 Å². The lowest BCUT2D eigenvalue weighted by molar-refractivity contribution is 0.326. The van der Waals surface area contributed by atoms with E-state index in [1.54, 1.807) is 12.1 Å². The molecule has 4 rings (SSSR count). The number of benzene rings is 1. The number of nitrogens with one attached hydrogen (secondary N) is 1. The van der Waals surface area contributed by atoms with E-state index < -0.39 is 10.0 Å². The van der Waals surface area contributed by atoms with Gasteiger partial charge in [-0.05, 0) is 64.4 Å². The average molecular weight is 438 g/mol. The van der Waals surface area contributed by atoms with E-state index in [9.17, 15) is 12.8 Å². The molecule has 156 valence electrons. The highest BCUT2D eigenvalue weighted by Crippen LogP contribution is 2.26. The summed E-state index contributed by atoms with van der Waals surface area (Å²) in [5.41, 5.74) is 1.30. The molecule has 1 aliphatic rings. The molecule has 0 bridgehead atoms. The van der Waals surface area contributed by atoms with Crippen molar-refractivity contribution in [3.05, 3.63) is 45.5 Å². The maximum absolute atomic E-state index is 13.2. The molecule has 0 unspecified atom stereocenters. The van der Waals surface area contributed by atoms with Crippen LogP contribution in [0.25, 0.3) is 11.0 Å². The van der Waals surface area contributed by atoms with Crippen LogP contribution in [0.5, 0.6) is 0 Å². The van der Waals surface area contributed by atoms with Crippen LogP contribution < -0.4 is 4.72 Å². The monoisotopic (exact) mass is 437 g/mol. The number of hydrogen-bond acceptors (Lipinski definition) is 6. The molecular weight excluding hydrogens is 413 g/mol. The summed E-state index contributed by atoms with van der Waals surface area (Å²) in [6.45, 7) is 6.17. The zero-order chi connectivity index (χ0) is 20.6. The first-order valence-corrected chi connectivity index (χ1v) is 12.0. The molecular formula is C20H24FN3O3S2. The van der Waals surface area contributed by atoms with Crippen LogP contribution in [0.15, 0.2) is 33.7 Å². The first-order valence-electron chi connectivity index (χ1n) is 9.67. The number of rotatable bonds is 7. The lowest BCUT2D eigenvalue weighted by Crippen LogP contribution is -2.37. The van der Waals surface area contributed by atoms with E-state index in [4.69, 9.17) is 4.52 Å². The second-order valence-corrected chi connectivity index (χ2v) is 10.7. The van der Waals surface area contributed by atoms with Crippen LogP contribution in [0.2, 0.25) is 0 Å². The summed E-state index contributed by atoms with van der Waals surface area (Å²) in [5, 5.41) is 4.90. The van der Waals surface area contributed by atoms with E-state index in [1.165, 1.54) is 23.5 Å². The minimum Gasteiger partial charge on any atom is -0.356 e. The summed E-state index contributed by atoms with van der Waals surface area (Å²) >= 11 is 1.50. The molecule has 0 spiro atoms. The number of nitrogens with zero attached hydrogens (tertiary/aromatic N) is 2. The van der Waals surface area contributed by atoms with Gasteiger partial charge >= 0.3 is 0 Å². The molecule has 9 heteroatoms. The van der Waals surface area contributed by atoms with Crippen LogP contribution >= 0.6 is 11.3 Å². The van der Waals surface area contributed by atoms with E-state index in [0.717, 1.165) is 53.2 Å². The number of hydrogen-bond donors (Lipinski definition) is 1. The lowest BCUT2D eigenvalue weighted by atomic mass is 10.1. The minimum absolute atomic E-state index is 0.0736. The second kappa shape index (κ2) is 8.14. The largest absolute Gasteiger partial charge is 0.356 e. The second-order valence-electron chi connectivity index (χ2n) is 7.56. The van der Waals surface area contributed by atoms with E-state index in [-0.39, 0.29) is 11.9 Å². The van der Waals surface area contributed by atoms with Crippen molar-refractivity contribution in [3.8, 4) is 0 Å². The maximum atomic E-state index is 13.2. The average Bonchev–Trinajstić information content (AvgIpc) is 3.34. The molecule has 2 aromatic heterocycles. The molecule has 0 amide bonds. The third-order valence-electron chi connectivity index (χ3n) is 5.28. The highest BCUT2D eigenvalue weighted by molar-refractivity contribution is 7.89. The van der Waals surface area contributed by atoms with E-state index in [2.05, 4.69) is 14.8 Å². The van der Waals surface area contributed by atoms with Gasteiger partial charge in [0, 0.05) is 33.8 Å².